The summed E-state index contributed by atoms with van der Waals surface area (Å²) in [5.41, 5.74) is 7.56. The molecule has 1 aromatic carbocycles. The topological polar surface area (TPSA) is 43.8 Å². The zero-order chi connectivity index (χ0) is 12.9. The van der Waals surface area contributed by atoms with Gasteiger partial charge in [-0.25, -0.2) is 9.37 Å². The molecule has 0 radical (unpaired) electrons. The molecule has 1 aliphatic rings. The van der Waals surface area contributed by atoms with Gasteiger partial charge in [0.2, 0.25) is 5.95 Å². The minimum absolute atomic E-state index is 0.269. The lowest BCUT2D eigenvalue weighted by atomic mass is 10.1. The van der Waals surface area contributed by atoms with E-state index in [1.807, 2.05) is 4.57 Å². The number of rotatable bonds is 1. The fraction of sp³-hybridized carbons (Fsp3) is 0.462. The van der Waals surface area contributed by atoms with E-state index < -0.39 is 0 Å². The molecular weight excluding hydrogens is 297 g/mol. The van der Waals surface area contributed by atoms with E-state index in [0.717, 1.165) is 17.5 Å². The van der Waals surface area contributed by atoms with E-state index in [0.29, 0.717) is 22.4 Å². The predicted octanol–water partition coefficient (Wildman–Crippen LogP) is 3.88. The maximum absolute atomic E-state index is 13.7. The molecule has 1 saturated carbocycles. The first-order chi connectivity index (χ1) is 8.58. The summed E-state index contributed by atoms with van der Waals surface area (Å²) in [7, 11) is 0. The zero-order valence-electron chi connectivity index (χ0n) is 10.2. The Bertz CT molecular complexity index is 608. The van der Waals surface area contributed by atoms with Crippen molar-refractivity contribution >= 4 is 32.9 Å². The highest BCUT2D eigenvalue weighted by atomic mass is 79.9. The van der Waals surface area contributed by atoms with Crippen molar-refractivity contribution in [2.24, 2.45) is 5.92 Å². The first-order valence-electron chi connectivity index (χ1n) is 6.20. The van der Waals surface area contributed by atoms with Gasteiger partial charge in [0.15, 0.2) is 0 Å². The molecule has 3 rings (SSSR count). The second-order valence-electron chi connectivity index (χ2n) is 5.07. The van der Waals surface area contributed by atoms with Gasteiger partial charge in [0, 0.05) is 12.1 Å². The summed E-state index contributed by atoms with van der Waals surface area (Å²) in [6.45, 7) is 2.22. The van der Waals surface area contributed by atoms with Gasteiger partial charge in [-0.05, 0) is 40.8 Å². The third-order valence-corrected chi connectivity index (χ3v) is 4.51. The van der Waals surface area contributed by atoms with Crippen LogP contribution in [0.3, 0.4) is 0 Å². The Morgan fingerprint density at radius 1 is 1.44 bits per heavy atom. The number of hydrogen-bond acceptors (Lipinski definition) is 2. The number of hydrogen-bond donors (Lipinski definition) is 1. The molecular formula is C13H15BrFN3. The van der Waals surface area contributed by atoms with Gasteiger partial charge in [-0.15, -0.1) is 0 Å². The Balaban J connectivity index is 2.22. The number of anilines is 1. The summed E-state index contributed by atoms with van der Waals surface area (Å²) in [5, 5.41) is 0. The van der Waals surface area contributed by atoms with E-state index in [4.69, 9.17) is 5.73 Å². The third kappa shape index (κ3) is 1.72. The van der Waals surface area contributed by atoms with E-state index in [9.17, 15) is 4.39 Å². The molecule has 2 aromatic rings. The number of nitrogens with two attached hydrogens (primary N) is 1. The normalized spacial score (nSPS) is 23.9. The molecule has 2 unspecified atom stereocenters. The summed E-state index contributed by atoms with van der Waals surface area (Å²) < 4.78 is 16.1. The van der Waals surface area contributed by atoms with Crippen LogP contribution in [0.1, 0.15) is 32.2 Å². The second-order valence-corrected chi connectivity index (χ2v) is 5.92. The van der Waals surface area contributed by atoms with Crippen LogP contribution < -0.4 is 5.73 Å². The molecule has 0 amide bonds. The van der Waals surface area contributed by atoms with Crippen molar-refractivity contribution in [2.75, 3.05) is 5.73 Å². The minimum atomic E-state index is -0.269. The number of halogens is 2. The number of fused-ring (bicyclic) bond motifs is 1. The molecule has 0 spiro atoms. The molecule has 2 atom stereocenters. The average molecular weight is 312 g/mol. The van der Waals surface area contributed by atoms with Gasteiger partial charge >= 0.3 is 0 Å². The zero-order valence-corrected chi connectivity index (χ0v) is 11.7. The van der Waals surface area contributed by atoms with Crippen molar-refractivity contribution in [3.8, 4) is 0 Å². The van der Waals surface area contributed by atoms with Crippen LogP contribution in [0.5, 0.6) is 0 Å². The van der Waals surface area contributed by atoms with Gasteiger partial charge in [-0.2, -0.15) is 0 Å². The van der Waals surface area contributed by atoms with Crippen molar-refractivity contribution < 1.29 is 4.39 Å². The fourth-order valence-corrected chi connectivity index (χ4v) is 3.30. The lowest BCUT2D eigenvalue weighted by Gasteiger charge is -2.19. The van der Waals surface area contributed by atoms with Gasteiger partial charge in [0.05, 0.1) is 15.5 Å². The summed E-state index contributed by atoms with van der Waals surface area (Å²) in [4.78, 5) is 4.34. The Kier molecular flexibility index (Phi) is 2.81. The van der Waals surface area contributed by atoms with Crippen LogP contribution in [-0.2, 0) is 0 Å². The van der Waals surface area contributed by atoms with Crippen molar-refractivity contribution in [3.05, 3.63) is 22.4 Å². The van der Waals surface area contributed by atoms with Gasteiger partial charge < -0.3 is 10.3 Å². The van der Waals surface area contributed by atoms with E-state index in [1.54, 1.807) is 6.07 Å². The maximum Gasteiger partial charge on any atom is 0.201 e. The van der Waals surface area contributed by atoms with Gasteiger partial charge in [-0.1, -0.05) is 13.3 Å². The van der Waals surface area contributed by atoms with Crippen molar-refractivity contribution in [3.63, 3.8) is 0 Å². The lowest BCUT2D eigenvalue weighted by Crippen LogP contribution is -2.14. The smallest absolute Gasteiger partial charge is 0.201 e. The molecule has 2 N–H and O–H groups in total. The Morgan fingerprint density at radius 2 is 2.22 bits per heavy atom. The predicted molar refractivity (Wildman–Crippen MR) is 73.9 cm³/mol. The number of imidazole rings is 1. The first kappa shape index (κ1) is 12.0. The monoisotopic (exact) mass is 311 g/mol. The quantitative estimate of drug-likeness (QED) is 0.868. The molecule has 1 aliphatic carbocycles. The SMILES string of the molecule is CC1CCCC1n1c(N)nc2cc(Br)c(F)cc21. The molecule has 1 fully saturated rings. The maximum atomic E-state index is 13.7. The van der Waals surface area contributed by atoms with Crippen LogP contribution in [0.15, 0.2) is 16.6 Å². The molecule has 0 aliphatic heterocycles. The molecule has 3 nitrogen and oxygen atoms in total. The highest BCUT2D eigenvalue weighted by Gasteiger charge is 2.28. The third-order valence-electron chi connectivity index (χ3n) is 3.91. The Morgan fingerprint density at radius 3 is 2.89 bits per heavy atom. The van der Waals surface area contributed by atoms with E-state index in [2.05, 4.69) is 27.8 Å². The molecule has 18 heavy (non-hydrogen) atoms. The first-order valence-corrected chi connectivity index (χ1v) is 6.99. The van der Waals surface area contributed by atoms with E-state index >= 15 is 0 Å². The van der Waals surface area contributed by atoms with Crippen molar-refractivity contribution in [2.45, 2.75) is 32.2 Å². The van der Waals surface area contributed by atoms with Crippen LogP contribution in [0.4, 0.5) is 10.3 Å². The van der Waals surface area contributed by atoms with Crippen molar-refractivity contribution in [1.29, 1.82) is 0 Å². The molecule has 0 saturated heterocycles. The lowest BCUT2D eigenvalue weighted by molar-refractivity contribution is 0.420. The Labute approximate surface area is 113 Å². The van der Waals surface area contributed by atoms with Crippen LogP contribution in [0.2, 0.25) is 0 Å². The van der Waals surface area contributed by atoms with Crippen LogP contribution in [-0.4, -0.2) is 9.55 Å². The van der Waals surface area contributed by atoms with E-state index in [1.165, 1.54) is 18.9 Å². The van der Waals surface area contributed by atoms with Crippen LogP contribution in [0.25, 0.3) is 11.0 Å². The molecule has 1 heterocycles. The number of nitrogens with zero attached hydrogens (tertiary/aromatic N) is 2. The molecule has 0 bridgehead atoms. The Hall–Kier alpha value is -1.10. The number of benzene rings is 1. The summed E-state index contributed by atoms with van der Waals surface area (Å²) in [5.74, 6) is 0.784. The molecule has 1 aromatic heterocycles. The number of aromatic nitrogens is 2. The summed E-state index contributed by atoms with van der Waals surface area (Å²) in [6.07, 6.45) is 3.49. The van der Waals surface area contributed by atoms with E-state index in [-0.39, 0.29) is 5.82 Å². The number of nitrogen functional groups attached to an aromatic ring is 1. The summed E-state index contributed by atoms with van der Waals surface area (Å²) >= 11 is 3.18. The minimum Gasteiger partial charge on any atom is -0.369 e. The van der Waals surface area contributed by atoms with Gasteiger partial charge in [-0.3, -0.25) is 0 Å². The van der Waals surface area contributed by atoms with Crippen molar-refractivity contribution in [1.82, 2.24) is 9.55 Å². The highest BCUT2D eigenvalue weighted by Crippen LogP contribution is 2.39. The molecule has 5 heteroatoms. The standard InChI is InChI=1S/C13H15BrFN3/c1-7-3-2-4-11(7)18-12-6-9(15)8(14)5-10(12)17-13(18)16/h5-7,11H,2-4H2,1H3,(H2,16,17). The van der Waals surface area contributed by atoms with Gasteiger partial charge in [0.1, 0.15) is 5.82 Å². The molecule has 96 valence electrons. The second kappa shape index (κ2) is 4.23. The fourth-order valence-electron chi connectivity index (χ4n) is 2.97. The van der Waals surface area contributed by atoms with Crippen LogP contribution >= 0.6 is 15.9 Å². The van der Waals surface area contributed by atoms with Gasteiger partial charge in [0.25, 0.3) is 0 Å². The van der Waals surface area contributed by atoms with Crippen LogP contribution in [0, 0.1) is 11.7 Å². The largest absolute Gasteiger partial charge is 0.369 e. The summed E-state index contributed by atoms with van der Waals surface area (Å²) in [6, 6.07) is 3.56. The highest BCUT2D eigenvalue weighted by molar-refractivity contribution is 9.10. The average Bonchev–Trinajstić information content (AvgIpc) is 2.83.